The van der Waals surface area contributed by atoms with Crippen LogP contribution in [0.5, 0.6) is 5.75 Å². The van der Waals surface area contributed by atoms with Crippen molar-refractivity contribution < 1.29 is 13.9 Å². The Morgan fingerprint density at radius 1 is 0.846 bits per heavy atom. The molecule has 0 radical (unpaired) electrons. The molecule has 26 heavy (non-hydrogen) atoms. The molecule has 0 bridgehead atoms. The van der Waals surface area contributed by atoms with Gasteiger partial charge in [0.1, 0.15) is 18.2 Å². The molecule has 0 fully saturated rings. The summed E-state index contributed by atoms with van der Waals surface area (Å²) in [5.74, 6) is 0.720. The average molecular weight is 348 g/mol. The summed E-state index contributed by atoms with van der Waals surface area (Å²) in [4.78, 5) is 12.4. The first-order chi connectivity index (χ1) is 12.5. The Labute approximate surface area is 153 Å². The van der Waals surface area contributed by atoms with Gasteiger partial charge in [-0.15, -0.1) is 0 Å². The maximum Gasteiger partial charge on any atom is 0.193 e. The number of ketones is 1. The van der Waals surface area contributed by atoms with E-state index in [0.717, 1.165) is 5.56 Å². The van der Waals surface area contributed by atoms with Gasteiger partial charge < -0.3 is 4.74 Å². The highest BCUT2D eigenvalue weighted by atomic mass is 19.1. The Bertz CT molecular complexity index is 864. The van der Waals surface area contributed by atoms with Gasteiger partial charge in [-0.25, -0.2) is 4.39 Å². The van der Waals surface area contributed by atoms with Crippen molar-refractivity contribution in [2.45, 2.75) is 26.4 Å². The summed E-state index contributed by atoms with van der Waals surface area (Å²) in [6, 6.07) is 20.9. The van der Waals surface area contributed by atoms with Gasteiger partial charge in [-0.3, -0.25) is 4.79 Å². The molecule has 0 N–H and O–H groups in total. The summed E-state index contributed by atoms with van der Waals surface area (Å²) in [5, 5.41) is 0. The number of carbonyl (C=O) groups excluding carboxylic acids is 1. The summed E-state index contributed by atoms with van der Waals surface area (Å²) in [7, 11) is 0. The van der Waals surface area contributed by atoms with Gasteiger partial charge in [-0.1, -0.05) is 38.1 Å². The number of rotatable bonds is 6. The minimum absolute atomic E-state index is 0.138. The lowest BCUT2D eigenvalue weighted by atomic mass is 10.0. The third-order valence-corrected chi connectivity index (χ3v) is 4.27. The van der Waals surface area contributed by atoms with Crippen LogP contribution in [0.1, 0.15) is 46.8 Å². The van der Waals surface area contributed by atoms with Crippen molar-refractivity contribution in [2.75, 3.05) is 0 Å². The predicted molar refractivity (Wildman–Crippen MR) is 101 cm³/mol. The van der Waals surface area contributed by atoms with E-state index in [2.05, 4.69) is 38.1 Å². The molecule has 0 atom stereocenters. The maximum absolute atomic E-state index is 13.0. The van der Waals surface area contributed by atoms with Crippen LogP contribution >= 0.6 is 0 Å². The fraction of sp³-hybridized carbons (Fsp3) is 0.174. The number of carbonyl (C=O) groups is 1. The minimum Gasteiger partial charge on any atom is -0.489 e. The van der Waals surface area contributed by atoms with E-state index in [1.807, 2.05) is 0 Å². The van der Waals surface area contributed by atoms with Crippen LogP contribution in [0, 0.1) is 5.82 Å². The number of ether oxygens (including phenoxy) is 1. The molecule has 0 spiro atoms. The molecule has 3 aromatic rings. The van der Waals surface area contributed by atoms with Crippen LogP contribution in [0.4, 0.5) is 4.39 Å². The topological polar surface area (TPSA) is 26.3 Å². The molecule has 3 aromatic carbocycles. The van der Waals surface area contributed by atoms with Crippen molar-refractivity contribution in [3.05, 3.63) is 101 Å². The molecule has 0 aliphatic carbocycles. The molecule has 0 aliphatic rings. The minimum atomic E-state index is -0.355. The zero-order valence-electron chi connectivity index (χ0n) is 14.9. The van der Waals surface area contributed by atoms with Gasteiger partial charge in [0.05, 0.1) is 0 Å². The largest absolute Gasteiger partial charge is 0.489 e. The molecule has 0 aliphatic heterocycles. The third-order valence-electron chi connectivity index (χ3n) is 4.27. The number of benzene rings is 3. The molecule has 0 saturated heterocycles. The van der Waals surface area contributed by atoms with E-state index in [9.17, 15) is 9.18 Å². The van der Waals surface area contributed by atoms with E-state index in [1.165, 1.54) is 29.8 Å². The van der Waals surface area contributed by atoms with Crippen molar-refractivity contribution in [3.63, 3.8) is 0 Å². The van der Waals surface area contributed by atoms with Gasteiger partial charge in [-0.05, 0) is 65.6 Å². The van der Waals surface area contributed by atoms with Crippen molar-refractivity contribution in [3.8, 4) is 5.75 Å². The molecule has 132 valence electrons. The molecule has 0 aromatic heterocycles. The van der Waals surface area contributed by atoms with Crippen LogP contribution in [0.25, 0.3) is 0 Å². The highest BCUT2D eigenvalue weighted by molar-refractivity contribution is 6.08. The van der Waals surface area contributed by atoms with Crippen LogP contribution in [-0.2, 0) is 6.61 Å². The van der Waals surface area contributed by atoms with Crippen molar-refractivity contribution >= 4 is 5.78 Å². The quantitative estimate of drug-likeness (QED) is 0.530. The van der Waals surface area contributed by atoms with Crippen LogP contribution in [0.3, 0.4) is 0 Å². The van der Waals surface area contributed by atoms with Crippen LogP contribution in [-0.4, -0.2) is 5.78 Å². The molecule has 3 heteroatoms. The zero-order chi connectivity index (χ0) is 18.5. The Morgan fingerprint density at radius 2 is 1.38 bits per heavy atom. The van der Waals surface area contributed by atoms with E-state index in [0.29, 0.717) is 29.4 Å². The molecular formula is C23H21FO2. The van der Waals surface area contributed by atoms with Gasteiger partial charge in [0.25, 0.3) is 0 Å². The van der Waals surface area contributed by atoms with Gasteiger partial charge in [-0.2, -0.15) is 0 Å². The van der Waals surface area contributed by atoms with Crippen molar-refractivity contribution in [2.24, 2.45) is 0 Å². The van der Waals surface area contributed by atoms with E-state index >= 15 is 0 Å². The zero-order valence-corrected chi connectivity index (χ0v) is 14.9. The van der Waals surface area contributed by atoms with Crippen LogP contribution in [0.15, 0.2) is 72.8 Å². The normalized spacial score (nSPS) is 10.8. The fourth-order valence-corrected chi connectivity index (χ4v) is 2.64. The average Bonchev–Trinajstić information content (AvgIpc) is 2.67. The molecule has 0 heterocycles. The fourth-order valence-electron chi connectivity index (χ4n) is 2.64. The van der Waals surface area contributed by atoms with Crippen LogP contribution < -0.4 is 4.74 Å². The Balaban J connectivity index is 1.62. The summed E-state index contributed by atoms with van der Waals surface area (Å²) in [6.07, 6.45) is 0. The third kappa shape index (κ3) is 4.37. The van der Waals surface area contributed by atoms with Crippen LogP contribution in [0.2, 0.25) is 0 Å². The summed E-state index contributed by atoms with van der Waals surface area (Å²) < 4.78 is 18.8. The van der Waals surface area contributed by atoms with Crippen molar-refractivity contribution in [1.29, 1.82) is 0 Å². The molecule has 2 nitrogen and oxygen atoms in total. The maximum atomic E-state index is 13.0. The Kier molecular flexibility index (Phi) is 5.47. The van der Waals surface area contributed by atoms with E-state index in [4.69, 9.17) is 4.74 Å². The molecular weight excluding hydrogens is 327 g/mol. The number of hydrogen-bond donors (Lipinski definition) is 0. The second-order valence-electron chi connectivity index (χ2n) is 6.55. The van der Waals surface area contributed by atoms with Gasteiger partial charge >= 0.3 is 0 Å². The highest BCUT2D eigenvalue weighted by Crippen LogP contribution is 2.19. The number of halogens is 1. The van der Waals surface area contributed by atoms with Gasteiger partial charge in [0, 0.05) is 11.1 Å². The summed E-state index contributed by atoms with van der Waals surface area (Å²) >= 11 is 0. The molecule has 0 saturated carbocycles. The lowest BCUT2D eigenvalue weighted by Gasteiger charge is -2.09. The smallest absolute Gasteiger partial charge is 0.193 e. The first-order valence-electron chi connectivity index (χ1n) is 8.65. The molecule has 0 amide bonds. The number of hydrogen-bond acceptors (Lipinski definition) is 2. The lowest BCUT2D eigenvalue weighted by Crippen LogP contribution is -2.01. The van der Waals surface area contributed by atoms with E-state index < -0.39 is 0 Å². The second kappa shape index (κ2) is 7.96. The van der Waals surface area contributed by atoms with Gasteiger partial charge in [0.15, 0.2) is 5.78 Å². The monoisotopic (exact) mass is 348 g/mol. The van der Waals surface area contributed by atoms with E-state index in [1.54, 1.807) is 24.3 Å². The molecule has 3 rings (SSSR count). The summed E-state index contributed by atoms with van der Waals surface area (Å²) in [6.45, 7) is 4.81. The van der Waals surface area contributed by atoms with E-state index in [-0.39, 0.29) is 11.6 Å². The SMILES string of the molecule is CC(C)c1ccc(COc2ccc(C(=O)c3ccc(F)cc3)cc2)cc1. The standard InChI is InChI=1S/C23H21FO2/c1-16(2)18-5-3-17(4-6-18)15-26-22-13-9-20(10-14-22)23(25)19-7-11-21(24)12-8-19/h3-14,16H,15H2,1-2H3. The first kappa shape index (κ1) is 17.9. The highest BCUT2D eigenvalue weighted by Gasteiger charge is 2.09. The summed E-state index contributed by atoms with van der Waals surface area (Å²) in [5.41, 5.74) is 3.41. The lowest BCUT2D eigenvalue weighted by molar-refractivity contribution is 0.103. The molecule has 0 unspecified atom stereocenters. The second-order valence-corrected chi connectivity index (χ2v) is 6.55. The van der Waals surface area contributed by atoms with Crippen molar-refractivity contribution in [1.82, 2.24) is 0 Å². The van der Waals surface area contributed by atoms with Gasteiger partial charge in [0.2, 0.25) is 0 Å². The Hall–Kier alpha value is -2.94. The predicted octanol–water partition coefficient (Wildman–Crippen LogP) is 5.76. The first-order valence-corrected chi connectivity index (χ1v) is 8.65. The Morgan fingerprint density at radius 3 is 1.92 bits per heavy atom.